The number of hydrogen-bond acceptors (Lipinski definition) is 2. The average molecular weight is 234 g/mol. The summed E-state index contributed by atoms with van der Waals surface area (Å²) in [6.45, 7) is 3.07. The van der Waals surface area contributed by atoms with E-state index in [-0.39, 0.29) is 0 Å². The van der Waals surface area contributed by atoms with Crippen LogP contribution in [0.3, 0.4) is 0 Å². The van der Waals surface area contributed by atoms with Gasteiger partial charge in [-0.25, -0.2) is 0 Å². The highest BCUT2D eigenvalue weighted by Crippen LogP contribution is 2.25. The maximum absolute atomic E-state index is 6.00. The second-order valence-corrected chi connectivity index (χ2v) is 4.96. The normalized spacial score (nSPS) is 29.0. The first-order valence-electron chi connectivity index (χ1n) is 6.09. The second kappa shape index (κ2) is 7.48. The first kappa shape index (κ1) is 13.3. The molecule has 1 N–H and O–H groups in total. The van der Waals surface area contributed by atoms with Crippen molar-refractivity contribution in [3.8, 4) is 0 Å². The molecule has 3 heteroatoms. The largest absolute Gasteiger partial charge is 0.385 e. The fourth-order valence-electron chi connectivity index (χ4n) is 2.36. The number of rotatable bonds is 6. The molecule has 3 atom stereocenters. The van der Waals surface area contributed by atoms with Crippen LogP contribution in [0.15, 0.2) is 0 Å². The predicted molar refractivity (Wildman–Crippen MR) is 65.6 cm³/mol. The summed E-state index contributed by atoms with van der Waals surface area (Å²) in [5.41, 5.74) is 0. The molecule has 0 bridgehead atoms. The Morgan fingerprint density at radius 1 is 1.40 bits per heavy atom. The Kier molecular flexibility index (Phi) is 6.62. The fourth-order valence-corrected chi connectivity index (χ4v) is 2.72. The van der Waals surface area contributed by atoms with Crippen LogP contribution in [0.2, 0.25) is 0 Å². The van der Waals surface area contributed by atoms with Crippen molar-refractivity contribution in [3.63, 3.8) is 0 Å². The fraction of sp³-hybridized carbons (Fsp3) is 1.00. The van der Waals surface area contributed by atoms with Gasteiger partial charge in [-0.2, -0.15) is 0 Å². The molecule has 0 aromatic heterocycles. The number of nitrogens with one attached hydrogen (secondary N) is 1. The van der Waals surface area contributed by atoms with Gasteiger partial charge in [0, 0.05) is 31.7 Å². The Hall–Kier alpha value is 0.210. The number of halogens is 1. The number of alkyl halides is 1. The summed E-state index contributed by atoms with van der Waals surface area (Å²) in [5.74, 6) is 1.47. The van der Waals surface area contributed by atoms with Crippen molar-refractivity contribution >= 4 is 11.6 Å². The lowest BCUT2D eigenvalue weighted by molar-refractivity contribution is 0.175. The van der Waals surface area contributed by atoms with Gasteiger partial charge in [-0.1, -0.05) is 12.8 Å². The van der Waals surface area contributed by atoms with Crippen molar-refractivity contribution in [2.24, 2.45) is 5.92 Å². The molecule has 0 spiro atoms. The van der Waals surface area contributed by atoms with Crippen LogP contribution in [0.1, 0.15) is 39.0 Å². The van der Waals surface area contributed by atoms with Crippen LogP contribution < -0.4 is 5.32 Å². The highest BCUT2D eigenvalue weighted by Gasteiger charge is 2.24. The van der Waals surface area contributed by atoms with E-state index in [1.165, 1.54) is 25.7 Å². The second-order valence-electron chi connectivity index (χ2n) is 4.65. The van der Waals surface area contributed by atoms with Gasteiger partial charge in [0.1, 0.15) is 0 Å². The molecule has 0 radical (unpaired) electrons. The van der Waals surface area contributed by atoms with Crippen molar-refractivity contribution in [3.05, 3.63) is 0 Å². The van der Waals surface area contributed by atoms with E-state index in [4.69, 9.17) is 16.3 Å². The zero-order valence-electron chi connectivity index (χ0n) is 9.97. The third kappa shape index (κ3) is 4.71. The maximum atomic E-state index is 6.00. The first-order valence-corrected chi connectivity index (χ1v) is 6.62. The summed E-state index contributed by atoms with van der Waals surface area (Å²) in [6.07, 6.45) is 6.36. The molecule has 2 nitrogen and oxygen atoms in total. The number of ether oxygens (including phenoxy) is 1. The molecule has 0 aromatic carbocycles. The van der Waals surface area contributed by atoms with E-state index in [0.29, 0.717) is 18.0 Å². The Labute approximate surface area is 98.7 Å². The third-order valence-corrected chi connectivity index (χ3v) is 3.76. The van der Waals surface area contributed by atoms with Crippen LogP contribution in [0.5, 0.6) is 0 Å². The molecule has 0 amide bonds. The van der Waals surface area contributed by atoms with Gasteiger partial charge in [0.2, 0.25) is 0 Å². The van der Waals surface area contributed by atoms with E-state index >= 15 is 0 Å². The molecule has 1 rings (SSSR count). The van der Waals surface area contributed by atoms with Crippen molar-refractivity contribution in [2.75, 3.05) is 19.6 Å². The van der Waals surface area contributed by atoms with Gasteiger partial charge < -0.3 is 10.1 Å². The zero-order chi connectivity index (χ0) is 11.1. The summed E-state index contributed by atoms with van der Waals surface area (Å²) in [6, 6.07) is 1.17. The van der Waals surface area contributed by atoms with E-state index in [1.807, 2.05) is 0 Å². The van der Waals surface area contributed by atoms with Gasteiger partial charge in [0.15, 0.2) is 0 Å². The lowest BCUT2D eigenvalue weighted by Gasteiger charge is -2.33. The van der Waals surface area contributed by atoms with E-state index in [9.17, 15) is 0 Å². The zero-order valence-corrected chi connectivity index (χ0v) is 10.7. The minimum atomic E-state index is 0.541. The van der Waals surface area contributed by atoms with Crippen LogP contribution in [0.25, 0.3) is 0 Å². The summed E-state index contributed by atoms with van der Waals surface area (Å²) < 4.78 is 5.09. The molecule has 0 aliphatic heterocycles. The molecular weight excluding hydrogens is 210 g/mol. The molecule has 15 heavy (non-hydrogen) atoms. The minimum Gasteiger partial charge on any atom is -0.385 e. The Balaban J connectivity index is 2.27. The van der Waals surface area contributed by atoms with Crippen LogP contribution in [0.4, 0.5) is 0 Å². The third-order valence-electron chi connectivity index (χ3n) is 3.36. The Morgan fingerprint density at radius 2 is 2.13 bits per heavy atom. The topological polar surface area (TPSA) is 21.3 Å². The smallest absolute Gasteiger partial charge is 0.0476 e. The molecule has 1 aliphatic carbocycles. The van der Waals surface area contributed by atoms with Crippen LogP contribution in [0, 0.1) is 5.92 Å². The summed E-state index contributed by atoms with van der Waals surface area (Å²) in [4.78, 5) is 0. The highest BCUT2D eigenvalue weighted by molar-refractivity contribution is 6.18. The van der Waals surface area contributed by atoms with E-state index in [2.05, 4.69) is 12.2 Å². The van der Waals surface area contributed by atoms with Crippen LogP contribution >= 0.6 is 11.6 Å². The maximum Gasteiger partial charge on any atom is 0.0476 e. The summed E-state index contributed by atoms with van der Waals surface area (Å²) >= 11 is 6.00. The first-order chi connectivity index (χ1) is 7.27. The molecule has 0 saturated heterocycles. The van der Waals surface area contributed by atoms with Crippen molar-refractivity contribution < 1.29 is 4.74 Å². The van der Waals surface area contributed by atoms with Gasteiger partial charge in [-0.3, -0.25) is 0 Å². The molecule has 1 fully saturated rings. The molecule has 90 valence electrons. The van der Waals surface area contributed by atoms with Gasteiger partial charge in [0.05, 0.1) is 0 Å². The minimum absolute atomic E-state index is 0.541. The van der Waals surface area contributed by atoms with Gasteiger partial charge >= 0.3 is 0 Å². The number of methoxy groups -OCH3 is 1. The van der Waals surface area contributed by atoms with E-state index in [1.54, 1.807) is 7.11 Å². The highest BCUT2D eigenvalue weighted by atomic mass is 35.5. The van der Waals surface area contributed by atoms with Crippen LogP contribution in [-0.4, -0.2) is 31.7 Å². The standard InChI is InChI=1S/C12H24ClNO/c1-10(7-8-15-2)14-12-6-4-3-5-11(12)9-13/h10-12,14H,3-9H2,1-2H3. The molecule has 0 heterocycles. The van der Waals surface area contributed by atoms with Gasteiger partial charge in [0.25, 0.3) is 0 Å². The van der Waals surface area contributed by atoms with Crippen LogP contribution in [-0.2, 0) is 4.74 Å². The molecule has 3 unspecified atom stereocenters. The van der Waals surface area contributed by atoms with Gasteiger partial charge in [-0.05, 0) is 32.1 Å². The van der Waals surface area contributed by atoms with Crippen molar-refractivity contribution in [2.45, 2.75) is 51.1 Å². The molecule has 0 aromatic rings. The van der Waals surface area contributed by atoms with E-state index in [0.717, 1.165) is 18.9 Å². The molecular formula is C12H24ClNO. The number of hydrogen-bond donors (Lipinski definition) is 1. The average Bonchev–Trinajstić information content (AvgIpc) is 2.27. The van der Waals surface area contributed by atoms with Crippen molar-refractivity contribution in [1.29, 1.82) is 0 Å². The summed E-state index contributed by atoms with van der Waals surface area (Å²) in [7, 11) is 1.76. The van der Waals surface area contributed by atoms with Gasteiger partial charge in [-0.15, -0.1) is 11.6 Å². The SMILES string of the molecule is COCCC(C)NC1CCCCC1CCl. The quantitative estimate of drug-likeness (QED) is 0.713. The lowest BCUT2D eigenvalue weighted by atomic mass is 9.85. The van der Waals surface area contributed by atoms with E-state index < -0.39 is 0 Å². The monoisotopic (exact) mass is 233 g/mol. The lowest BCUT2D eigenvalue weighted by Crippen LogP contribution is -2.44. The summed E-state index contributed by atoms with van der Waals surface area (Å²) in [5, 5.41) is 3.69. The molecule has 1 saturated carbocycles. The van der Waals surface area contributed by atoms with Crippen molar-refractivity contribution in [1.82, 2.24) is 5.32 Å². The Morgan fingerprint density at radius 3 is 2.80 bits per heavy atom. The molecule has 1 aliphatic rings. The predicted octanol–water partition coefficient (Wildman–Crippen LogP) is 2.80. The Bertz CT molecular complexity index is 166.